The molecule has 0 amide bonds. The van der Waals surface area contributed by atoms with Crippen molar-refractivity contribution >= 4 is 29.1 Å². The highest BCUT2D eigenvalue weighted by molar-refractivity contribution is 7.71. The van der Waals surface area contributed by atoms with Crippen molar-refractivity contribution in [1.82, 2.24) is 4.98 Å². The van der Waals surface area contributed by atoms with Crippen molar-refractivity contribution in [2.45, 2.75) is 6.92 Å². The van der Waals surface area contributed by atoms with Crippen LogP contribution in [0.5, 0.6) is 0 Å². The number of benzene rings is 2. The number of aromatic nitrogens is 1. The molecule has 0 saturated heterocycles. The molecule has 0 aliphatic carbocycles. The number of aryl methyl sites for hydroxylation is 1. The first-order chi connectivity index (χ1) is 9.13. The van der Waals surface area contributed by atoms with Gasteiger partial charge in [0, 0.05) is 11.1 Å². The molecule has 4 heteroatoms. The maximum absolute atomic E-state index is 12.3. The van der Waals surface area contributed by atoms with Crippen molar-refractivity contribution in [2.75, 3.05) is 0 Å². The Labute approximate surface area is 114 Å². The van der Waals surface area contributed by atoms with Crippen molar-refractivity contribution < 1.29 is 9.21 Å². The molecule has 1 heterocycles. The van der Waals surface area contributed by atoms with E-state index in [9.17, 15) is 4.79 Å². The lowest BCUT2D eigenvalue weighted by atomic mass is 10.0. The quantitative estimate of drug-likeness (QED) is 0.564. The minimum atomic E-state index is -0.0239. The molecule has 19 heavy (non-hydrogen) atoms. The molecule has 0 radical (unpaired) electrons. The minimum absolute atomic E-state index is 0.0239. The predicted molar refractivity (Wildman–Crippen MR) is 76.0 cm³/mol. The maximum atomic E-state index is 12.3. The van der Waals surface area contributed by atoms with Crippen LogP contribution in [0.2, 0.25) is 0 Å². The van der Waals surface area contributed by atoms with E-state index in [1.54, 1.807) is 18.2 Å². The number of H-pyrrole nitrogens is 1. The number of ketones is 1. The Balaban J connectivity index is 2.05. The first kappa shape index (κ1) is 11.9. The first-order valence-electron chi connectivity index (χ1n) is 5.88. The lowest BCUT2D eigenvalue weighted by molar-refractivity contribution is 0.103. The molecule has 0 spiro atoms. The average molecular weight is 269 g/mol. The number of oxazole rings is 1. The molecule has 1 aromatic heterocycles. The molecule has 1 N–H and O–H groups in total. The van der Waals surface area contributed by atoms with Crippen molar-refractivity contribution in [2.24, 2.45) is 0 Å². The number of hydrogen-bond donors (Lipinski definition) is 1. The van der Waals surface area contributed by atoms with E-state index in [2.05, 4.69) is 4.98 Å². The van der Waals surface area contributed by atoms with Gasteiger partial charge in [-0.05, 0) is 37.3 Å². The normalized spacial score (nSPS) is 10.8. The monoisotopic (exact) mass is 269 g/mol. The smallest absolute Gasteiger partial charge is 0.266 e. The van der Waals surface area contributed by atoms with Gasteiger partial charge in [-0.3, -0.25) is 4.79 Å². The van der Waals surface area contributed by atoms with Crippen LogP contribution in [0.1, 0.15) is 21.5 Å². The zero-order chi connectivity index (χ0) is 13.4. The third-order valence-corrected chi connectivity index (χ3v) is 3.18. The van der Waals surface area contributed by atoms with Crippen LogP contribution in [0.4, 0.5) is 0 Å². The molecular weight excluding hydrogens is 258 g/mol. The fraction of sp³-hybridized carbons (Fsp3) is 0.0667. The fourth-order valence-electron chi connectivity index (χ4n) is 1.96. The van der Waals surface area contributed by atoms with E-state index in [1.807, 2.05) is 31.2 Å². The van der Waals surface area contributed by atoms with Crippen molar-refractivity contribution in [3.63, 3.8) is 0 Å². The fourth-order valence-corrected chi connectivity index (χ4v) is 2.16. The summed E-state index contributed by atoms with van der Waals surface area (Å²) < 4.78 is 5.32. The van der Waals surface area contributed by atoms with Crippen LogP contribution in [0.25, 0.3) is 11.1 Å². The van der Waals surface area contributed by atoms with Gasteiger partial charge in [-0.25, -0.2) is 0 Å². The van der Waals surface area contributed by atoms with Crippen molar-refractivity contribution in [3.05, 3.63) is 64.0 Å². The minimum Gasteiger partial charge on any atom is -0.429 e. The second-order valence-electron chi connectivity index (χ2n) is 4.42. The second kappa shape index (κ2) is 4.48. The Bertz CT molecular complexity index is 812. The molecule has 0 atom stereocenters. The molecule has 0 unspecified atom stereocenters. The second-order valence-corrected chi connectivity index (χ2v) is 4.79. The molecule has 0 aliphatic heterocycles. The van der Waals surface area contributed by atoms with E-state index in [1.165, 1.54) is 0 Å². The number of carbonyl (C=O) groups excluding carboxylic acids is 1. The van der Waals surface area contributed by atoms with Crippen LogP contribution in [0.15, 0.2) is 46.9 Å². The topological polar surface area (TPSA) is 46.0 Å². The van der Waals surface area contributed by atoms with E-state index in [0.29, 0.717) is 21.5 Å². The Kier molecular flexibility index (Phi) is 2.80. The van der Waals surface area contributed by atoms with Crippen LogP contribution < -0.4 is 0 Å². The molecule has 0 fully saturated rings. The van der Waals surface area contributed by atoms with Crippen LogP contribution >= 0.6 is 12.2 Å². The van der Waals surface area contributed by atoms with E-state index < -0.39 is 0 Å². The summed E-state index contributed by atoms with van der Waals surface area (Å²) in [6.07, 6.45) is 0. The summed E-state index contributed by atoms with van der Waals surface area (Å²) >= 11 is 4.92. The molecule has 0 aliphatic rings. The van der Waals surface area contributed by atoms with Crippen molar-refractivity contribution in [3.8, 4) is 0 Å². The summed E-state index contributed by atoms with van der Waals surface area (Å²) in [7, 11) is 0. The summed E-state index contributed by atoms with van der Waals surface area (Å²) in [6, 6.07) is 12.8. The summed E-state index contributed by atoms with van der Waals surface area (Å²) in [5.41, 5.74) is 3.78. The molecule has 2 aromatic carbocycles. The highest BCUT2D eigenvalue weighted by atomic mass is 32.1. The van der Waals surface area contributed by atoms with Gasteiger partial charge >= 0.3 is 0 Å². The molecule has 0 saturated carbocycles. The summed E-state index contributed by atoms with van der Waals surface area (Å²) in [5, 5.41) is 0. The van der Waals surface area contributed by atoms with E-state index >= 15 is 0 Å². The molecule has 3 rings (SSSR count). The van der Waals surface area contributed by atoms with Gasteiger partial charge in [-0.15, -0.1) is 0 Å². The van der Waals surface area contributed by atoms with E-state index in [0.717, 1.165) is 11.1 Å². The maximum Gasteiger partial charge on any atom is 0.266 e. The molecular formula is C15H11NO2S. The highest BCUT2D eigenvalue weighted by Crippen LogP contribution is 2.18. The molecule has 0 bridgehead atoms. The van der Waals surface area contributed by atoms with Gasteiger partial charge in [0.2, 0.25) is 0 Å². The largest absolute Gasteiger partial charge is 0.429 e. The number of aromatic amines is 1. The summed E-state index contributed by atoms with van der Waals surface area (Å²) in [4.78, 5) is 15.6. The van der Waals surface area contributed by atoms with E-state index in [4.69, 9.17) is 16.6 Å². The molecule has 94 valence electrons. The molecule has 3 nitrogen and oxygen atoms in total. The zero-order valence-electron chi connectivity index (χ0n) is 10.3. The zero-order valence-corrected chi connectivity index (χ0v) is 11.1. The van der Waals surface area contributed by atoms with Gasteiger partial charge in [-0.2, -0.15) is 0 Å². The van der Waals surface area contributed by atoms with Crippen LogP contribution in [-0.4, -0.2) is 10.8 Å². The average Bonchev–Trinajstić information content (AvgIpc) is 2.77. The third kappa shape index (κ3) is 2.22. The van der Waals surface area contributed by atoms with Gasteiger partial charge in [0.05, 0.1) is 5.52 Å². The number of rotatable bonds is 2. The Morgan fingerprint density at radius 2 is 1.79 bits per heavy atom. The van der Waals surface area contributed by atoms with Crippen LogP contribution in [0, 0.1) is 11.8 Å². The molecule has 3 aromatic rings. The number of carbonyl (C=O) groups is 1. The summed E-state index contributed by atoms with van der Waals surface area (Å²) in [5.74, 6) is -0.0239. The first-order valence-corrected chi connectivity index (χ1v) is 6.28. The highest BCUT2D eigenvalue weighted by Gasteiger charge is 2.10. The Hall–Kier alpha value is -2.20. The standard InChI is InChI=1S/C15H11NO2S/c1-9-2-4-10(5-3-9)14(17)11-6-7-12-13(8-11)18-15(19)16-12/h2-8H,1H3,(H,16,19). The van der Waals surface area contributed by atoms with E-state index in [-0.39, 0.29) is 5.78 Å². The SMILES string of the molecule is Cc1ccc(C(=O)c2ccc3[nH]c(=S)oc3c2)cc1. The van der Waals surface area contributed by atoms with Gasteiger partial charge in [0.1, 0.15) is 0 Å². The Morgan fingerprint density at radius 3 is 2.53 bits per heavy atom. The predicted octanol–water partition coefficient (Wildman–Crippen LogP) is 4.03. The Morgan fingerprint density at radius 1 is 1.11 bits per heavy atom. The van der Waals surface area contributed by atoms with Crippen LogP contribution in [0.3, 0.4) is 0 Å². The van der Waals surface area contributed by atoms with Crippen molar-refractivity contribution in [1.29, 1.82) is 0 Å². The van der Waals surface area contributed by atoms with Gasteiger partial charge in [-0.1, -0.05) is 29.8 Å². The van der Waals surface area contributed by atoms with Crippen LogP contribution in [-0.2, 0) is 0 Å². The lowest BCUT2D eigenvalue weighted by Crippen LogP contribution is -2.00. The summed E-state index contributed by atoms with van der Waals surface area (Å²) in [6.45, 7) is 1.99. The van der Waals surface area contributed by atoms with Gasteiger partial charge < -0.3 is 9.40 Å². The van der Waals surface area contributed by atoms with Gasteiger partial charge in [0.15, 0.2) is 11.4 Å². The third-order valence-electron chi connectivity index (χ3n) is 3.00. The number of nitrogens with one attached hydrogen (secondary N) is 1. The lowest BCUT2D eigenvalue weighted by Gasteiger charge is -2.01. The van der Waals surface area contributed by atoms with Gasteiger partial charge in [0.25, 0.3) is 4.84 Å². The number of hydrogen-bond acceptors (Lipinski definition) is 3. The number of fused-ring (bicyclic) bond motifs is 1.